The molecule has 0 unspecified atom stereocenters. The molecule has 0 saturated heterocycles. The van der Waals surface area contributed by atoms with Gasteiger partial charge in [0, 0.05) is 16.3 Å². The molecule has 5 aromatic carbocycles. The molecule has 0 saturated carbocycles. The molecule has 1 aliphatic rings. The van der Waals surface area contributed by atoms with Crippen molar-refractivity contribution in [1.82, 2.24) is 4.98 Å². The number of ketones is 1. The predicted molar refractivity (Wildman–Crippen MR) is 154 cm³/mol. The quantitative estimate of drug-likeness (QED) is 0.0942. The Hall–Kier alpha value is -4.86. The minimum Gasteiger partial charge on any atom is -0.339 e. The molecule has 0 radical (unpaired) electrons. The second-order valence-corrected chi connectivity index (χ2v) is 11.1. The fraction of sp³-hybridized carbons (Fsp3) is 0. The maximum absolute atomic E-state index is 13.6. The van der Waals surface area contributed by atoms with Gasteiger partial charge in [0.15, 0.2) is 17.3 Å². The van der Waals surface area contributed by atoms with Crippen molar-refractivity contribution in [3.8, 4) is 17.2 Å². The van der Waals surface area contributed by atoms with Gasteiger partial charge >= 0.3 is 7.94 Å². The average Bonchev–Trinajstić information content (AvgIpc) is 3.33. The van der Waals surface area contributed by atoms with E-state index in [0.717, 1.165) is 27.4 Å². The molecule has 7 rings (SSSR count). The topological polar surface area (TPSA) is 57.7 Å². The number of hydrogen-bond donors (Lipinski definition) is 0. The third kappa shape index (κ3) is 4.54. The Labute approximate surface area is 226 Å². The first-order valence-electron chi connectivity index (χ1n) is 12.6. The molecular formula is C33H22NO4P. The summed E-state index contributed by atoms with van der Waals surface area (Å²) in [5, 5.41) is 1.96. The zero-order valence-corrected chi connectivity index (χ0v) is 21.6. The van der Waals surface area contributed by atoms with Crippen LogP contribution in [0.25, 0.3) is 21.8 Å². The lowest BCUT2D eigenvalue weighted by Crippen LogP contribution is -2.11. The first-order chi connectivity index (χ1) is 19.1. The molecule has 0 amide bonds. The Morgan fingerprint density at radius 3 is 2.00 bits per heavy atom. The first kappa shape index (κ1) is 23.3. The molecule has 1 aromatic heterocycles. The zero-order valence-electron chi connectivity index (χ0n) is 20.7. The van der Waals surface area contributed by atoms with Crippen molar-refractivity contribution in [3.05, 3.63) is 150 Å². The molecule has 1 aliphatic heterocycles. The Kier molecular flexibility index (Phi) is 5.65. The van der Waals surface area contributed by atoms with Crippen LogP contribution in [0.1, 0.15) is 21.5 Å². The monoisotopic (exact) mass is 527 g/mol. The number of para-hydroxylation sites is 3. The Morgan fingerprint density at radius 2 is 1.26 bits per heavy atom. The predicted octanol–water partition coefficient (Wildman–Crippen LogP) is 8.44. The third-order valence-corrected chi connectivity index (χ3v) is 8.50. The van der Waals surface area contributed by atoms with Gasteiger partial charge in [-0.3, -0.25) is 13.8 Å². The van der Waals surface area contributed by atoms with Crippen molar-refractivity contribution in [1.29, 1.82) is 0 Å². The standard InChI is InChI=1S/C33H22NO4P/c35-33(24-15-17-31-26(20-24)19-23-9-7-8-14-30(23)34-31)25-16-18-32-27(21-25)22-39(38-32,36-28-10-3-1-4-11-28)37-29-12-5-2-6-13-29/h1-22H. The van der Waals surface area contributed by atoms with Crippen LogP contribution >= 0.6 is 7.94 Å². The van der Waals surface area contributed by atoms with Gasteiger partial charge in [-0.15, -0.1) is 6.07 Å². The van der Waals surface area contributed by atoms with Crippen LogP contribution in [0.3, 0.4) is 0 Å². The number of hydrogen-bond acceptors (Lipinski definition) is 5. The lowest BCUT2D eigenvalue weighted by Gasteiger charge is -2.21. The maximum atomic E-state index is 13.6. The molecular weight excluding hydrogens is 505 g/mol. The summed E-state index contributed by atoms with van der Waals surface area (Å²) in [5.41, 5.74) is 3.70. The maximum Gasteiger partial charge on any atom is 0.504 e. The van der Waals surface area contributed by atoms with E-state index in [9.17, 15) is 4.79 Å². The van der Waals surface area contributed by atoms with Crippen LogP contribution in [0.2, 0.25) is 0 Å². The van der Waals surface area contributed by atoms with Gasteiger partial charge in [0.1, 0.15) is 0 Å². The molecule has 6 aromatic rings. The summed E-state index contributed by atoms with van der Waals surface area (Å²) in [4.78, 5) is 18.3. The van der Waals surface area contributed by atoms with Crippen LogP contribution in [0.5, 0.6) is 17.2 Å². The van der Waals surface area contributed by atoms with Gasteiger partial charge in [-0.2, -0.15) is 0 Å². The first-order valence-corrected chi connectivity index (χ1v) is 14.2. The van der Waals surface area contributed by atoms with Crippen molar-refractivity contribution < 1.29 is 18.4 Å². The molecule has 0 N–H and O–H groups in total. The SMILES string of the molecule is O=C(c1ccc2c(c1)[CH-][P+](Oc1ccccc1)(Oc1ccccc1)O2)c1ccc2nc3ccccc3cc2c1. The van der Waals surface area contributed by atoms with Crippen molar-refractivity contribution in [3.63, 3.8) is 0 Å². The van der Waals surface area contributed by atoms with Gasteiger partial charge in [0.25, 0.3) is 0 Å². The Bertz CT molecular complexity index is 1800. The molecule has 0 atom stereocenters. The summed E-state index contributed by atoms with van der Waals surface area (Å²) < 4.78 is 19.0. The van der Waals surface area contributed by atoms with Crippen molar-refractivity contribution in [2.45, 2.75) is 0 Å². The van der Waals surface area contributed by atoms with Crippen LogP contribution in [0.15, 0.2) is 127 Å². The molecule has 5 nitrogen and oxygen atoms in total. The van der Waals surface area contributed by atoms with E-state index in [-0.39, 0.29) is 5.78 Å². The number of pyridine rings is 1. The van der Waals surface area contributed by atoms with Crippen LogP contribution in [0.4, 0.5) is 0 Å². The van der Waals surface area contributed by atoms with E-state index in [1.165, 1.54) is 0 Å². The van der Waals surface area contributed by atoms with Gasteiger partial charge in [0.05, 0.1) is 22.9 Å². The molecule has 0 spiro atoms. The van der Waals surface area contributed by atoms with Crippen LogP contribution in [-0.2, 0) is 0 Å². The highest BCUT2D eigenvalue weighted by Crippen LogP contribution is 2.69. The van der Waals surface area contributed by atoms with E-state index in [4.69, 9.17) is 18.6 Å². The average molecular weight is 528 g/mol. The number of fused-ring (bicyclic) bond motifs is 3. The van der Waals surface area contributed by atoms with E-state index in [0.29, 0.717) is 28.4 Å². The molecule has 0 fully saturated rings. The second kappa shape index (κ2) is 9.46. The summed E-state index contributed by atoms with van der Waals surface area (Å²) in [5.74, 6) is 1.81. The van der Waals surface area contributed by atoms with E-state index < -0.39 is 7.94 Å². The highest BCUT2D eigenvalue weighted by molar-refractivity contribution is 7.65. The van der Waals surface area contributed by atoms with Crippen molar-refractivity contribution in [2.75, 3.05) is 0 Å². The van der Waals surface area contributed by atoms with E-state index >= 15 is 0 Å². The lowest BCUT2D eigenvalue weighted by molar-refractivity contribution is 0.103. The second-order valence-electron chi connectivity index (χ2n) is 9.24. The smallest absolute Gasteiger partial charge is 0.339 e. The largest absolute Gasteiger partial charge is 0.504 e. The van der Waals surface area contributed by atoms with Gasteiger partial charge in [-0.25, -0.2) is 4.98 Å². The molecule has 39 heavy (non-hydrogen) atoms. The minimum atomic E-state index is -3.00. The highest BCUT2D eigenvalue weighted by Gasteiger charge is 2.50. The Balaban J connectivity index is 1.20. The number of carbonyl (C=O) groups is 1. The normalized spacial score (nSPS) is 13.3. The number of benzene rings is 5. The van der Waals surface area contributed by atoms with Crippen molar-refractivity contribution in [2.24, 2.45) is 0 Å². The summed E-state index contributed by atoms with van der Waals surface area (Å²) in [6, 6.07) is 40.0. The van der Waals surface area contributed by atoms with E-state index in [1.54, 1.807) is 12.1 Å². The number of aromatic nitrogens is 1. The van der Waals surface area contributed by atoms with Gasteiger partial charge in [-0.05, 0) is 60.2 Å². The lowest BCUT2D eigenvalue weighted by atomic mass is 9.99. The Morgan fingerprint density at radius 1 is 0.641 bits per heavy atom. The van der Waals surface area contributed by atoms with Crippen LogP contribution in [0, 0.1) is 6.16 Å². The summed E-state index contributed by atoms with van der Waals surface area (Å²) in [7, 11) is -3.00. The van der Waals surface area contributed by atoms with Gasteiger partial charge in [-0.1, -0.05) is 72.3 Å². The summed E-state index contributed by atoms with van der Waals surface area (Å²) >= 11 is 0. The fourth-order valence-corrected chi connectivity index (χ4v) is 6.75. The molecule has 0 aliphatic carbocycles. The molecule has 6 heteroatoms. The van der Waals surface area contributed by atoms with E-state index in [1.807, 2.05) is 115 Å². The fourth-order valence-electron chi connectivity index (χ4n) is 4.66. The third-order valence-electron chi connectivity index (χ3n) is 6.52. The van der Waals surface area contributed by atoms with Gasteiger partial charge in [0.2, 0.25) is 0 Å². The summed E-state index contributed by atoms with van der Waals surface area (Å²) in [6.07, 6.45) is 1.87. The molecule has 2 heterocycles. The van der Waals surface area contributed by atoms with Gasteiger partial charge < -0.3 is 4.52 Å². The molecule has 188 valence electrons. The highest BCUT2D eigenvalue weighted by atomic mass is 31.2. The summed E-state index contributed by atoms with van der Waals surface area (Å²) in [6.45, 7) is 0. The minimum absolute atomic E-state index is 0.0787. The van der Waals surface area contributed by atoms with Crippen molar-refractivity contribution >= 4 is 35.5 Å². The zero-order chi connectivity index (χ0) is 26.2. The number of nitrogens with zero attached hydrogens (tertiary/aromatic N) is 1. The van der Waals surface area contributed by atoms with Crippen LogP contribution < -0.4 is 13.6 Å². The number of carbonyl (C=O) groups excluding carboxylic acids is 1. The van der Waals surface area contributed by atoms with Crippen LogP contribution in [-0.4, -0.2) is 10.8 Å². The van der Waals surface area contributed by atoms with E-state index in [2.05, 4.69) is 6.07 Å². The number of rotatable bonds is 6. The molecule has 0 bridgehead atoms.